The third-order valence-corrected chi connectivity index (χ3v) is 4.91. The van der Waals surface area contributed by atoms with Crippen molar-refractivity contribution < 1.29 is 14.3 Å². The lowest BCUT2D eigenvalue weighted by molar-refractivity contribution is -0.121. The van der Waals surface area contributed by atoms with Crippen LogP contribution in [-0.2, 0) is 27.3 Å². The number of nitriles is 1. The molecular formula is C22H24N6O3. The van der Waals surface area contributed by atoms with Crippen LogP contribution in [0.25, 0.3) is 5.65 Å². The number of rotatable bonds is 8. The van der Waals surface area contributed by atoms with Gasteiger partial charge in [0.15, 0.2) is 5.65 Å². The number of aromatic nitrogens is 3. The van der Waals surface area contributed by atoms with Gasteiger partial charge in [-0.25, -0.2) is 9.50 Å². The minimum atomic E-state index is -0.237. The predicted molar refractivity (Wildman–Crippen MR) is 114 cm³/mol. The lowest BCUT2D eigenvalue weighted by Crippen LogP contribution is -2.23. The van der Waals surface area contributed by atoms with E-state index in [0.29, 0.717) is 36.3 Å². The van der Waals surface area contributed by atoms with Crippen LogP contribution in [0.1, 0.15) is 34.5 Å². The van der Waals surface area contributed by atoms with Gasteiger partial charge in [-0.15, -0.1) is 0 Å². The smallest absolute Gasteiger partial charge is 0.250 e. The van der Waals surface area contributed by atoms with E-state index >= 15 is 0 Å². The summed E-state index contributed by atoms with van der Waals surface area (Å²) in [5.41, 5.74) is 5.08. The molecule has 3 rings (SSSR count). The van der Waals surface area contributed by atoms with Gasteiger partial charge in [-0.2, -0.15) is 10.4 Å². The summed E-state index contributed by atoms with van der Waals surface area (Å²) in [5, 5.41) is 19.0. The first kappa shape index (κ1) is 21.9. The number of ether oxygens (including phenoxy) is 1. The Hall–Kier alpha value is -3.77. The van der Waals surface area contributed by atoms with Crippen molar-refractivity contribution in [1.29, 1.82) is 5.26 Å². The van der Waals surface area contributed by atoms with Crippen molar-refractivity contribution in [1.82, 2.24) is 19.9 Å². The molecule has 1 aromatic carbocycles. The van der Waals surface area contributed by atoms with Crippen LogP contribution in [0, 0.1) is 25.2 Å². The van der Waals surface area contributed by atoms with Gasteiger partial charge in [0.05, 0.1) is 6.20 Å². The molecule has 2 amide bonds. The van der Waals surface area contributed by atoms with E-state index in [0.717, 1.165) is 22.5 Å². The highest BCUT2D eigenvalue weighted by Crippen LogP contribution is 2.18. The zero-order chi connectivity index (χ0) is 22.4. The molecule has 0 aliphatic rings. The second-order valence-corrected chi connectivity index (χ2v) is 7.12. The fourth-order valence-corrected chi connectivity index (χ4v) is 3.37. The van der Waals surface area contributed by atoms with Gasteiger partial charge < -0.3 is 15.4 Å². The summed E-state index contributed by atoms with van der Waals surface area (Å²) in [5.74, 6) is -0.329. The number of amides is 2. The molecule has 2 N–H and O–H groups in total. The number of hydrogen-bond donors (Lipinski definition) is 2. The average molecular weight is 420 g/mol. The molecule has 0 aliphatic carbocycles. The summed E-state index contributed by atoms with van der Waals surface area (Å²) in [6, 6.07) is 9.37. The van der Waals surface area contributed by atoms with Crippen LogP contribution in [0.3, 0.4) is 0 Å². The van der Waals surface area contributed by atoms with Crippen LogP contribution in [0.15, 0.2) is 30.5 Å². The molecule has 2 aromatic heterocycles. The maximum atomic E-state index is 12.4. The van der Waals surface area contributed by atoms with Crippen molar-refractivity contribution in [3.05, 3.63) is 58.5 Å². The molecule has 0 spiro atoms. The number of nitrogens with zero attached hydrogens (tertiary/aromatic N) is 4. The Morgan fingerprint density at radius 1 is 1.26 bits per heavy atom. The molecule has 0 fully saturated rings. The summed E-state index contributed by atoms with van der Waals surface area (Å²) in [6.45, 7) is 4.12. The minimum absolute atomic E-state index is 0.0171. The van der Waals surface area contributed by atoms with Gasteiger partial charge in [0.2, 0.25) is 11.8 Å². The third-order valence-electron chi connectivity index (χ3n) is 4.91. The molecule has 9 heteroatoms. The molecule has 31 heavy (non-hydrogen) atoms. The largest absolute Gasteiger partial charge is 0.375 e. The first-order valence-electron chi connectivity index (χ1n) is 9.81. The molecule has 0 bridgehead atoms. The number of carbonyl (C=O) groups is 2. The lowest BCUT2D eigenvalue weighted by Gasteiger charge is -2.12. The van der Waals surface area contributed by atoms with Crippen LogP contribution < -0.4 is 10.6 Å². The van der Waals surface area contributed by atoms with Crippen molar-refractivity contribution in [2.24, 2.45) is 0 Å². The van der Waals surface area contributed by atoms with Gasteiger partial charge in [0.1, 0.15) is 18.2 Å². The van der Waals surface area contributed by atoms with Crippen molar-refractivity contribution in [3.63, 3.8) is 0 Å². The number of benzene rings is 1. The van der Waals surface area contributed by atoms with Crippen molar-refractivity contribution in [3.8, 4) is 6.07 Å². The first-order chi connectivity index (χ1) is 14.9. The number of aryl methyl sites for hydroxylation is 2. The van der Waals surface area contributed by atoms with Gasteiger partial charge >= 0.3 is 0 Å². The molecule has 0 aliphatic heterocycles. The van der Waals surface area contributed by atoms with Crippen LogP contribution in [-0.4, -0.2) is 40.1 Å². The molecule has 0 saturated carbocycles. The van der Waals surface area contributed by atoms with E-state index in [2.05, 4.69) is 26.8 Å². The van der Waals surface area contributed by atoms with Crippen LogP contribution in [0.2, 0.25) is 0 Å². The standard InChI is InChI=1S/C22H24N6O3/c1-14-19(15(2)28-22(26-14)17(10-23)12-25-28)7-8-20(29)24-11-16-5-4-6-18(9-16)27-21(30)13-31-3/h4-6,9,12H,7-8,11,13H2,1-3H3,(H,24,29)(H,27,30). The maximum Gasteiger partial charge on any atom is 0.250 e. The predicted octanol–water partition coefficient (Wildman–Crippen LogP) is 2.05. The number of hydrogen-bond acceptors (Lipinski definition) is 6. The molecule has 3 aromatic rings. The van der Waals surface area contributed by atoms with E-state index in [-0.39, 0.29) is 18.4 Å². The number of carbonyl (C=O) groups excluding carboxylic acids is 2. The van der Waals surface area contributed by atoms with E-state index in [1.165, 1.54) is 13.3 Å². The van der Waals surface area contributed by atoms with Crippen molar-refractivity contribution in [2.75, 3.05) is 19.0 Å². The fourth-order valence-electron chi connectivity index (χ4n) is 3.37. The highest BCUT2D eigenvalue weighted by atomic mass is 16.5. The normalized spacial score (nSPS) is 10.6. The Bertz CT molecular complexity index is 1160. The zero-order valence-electron chi connectivity index (χ0n) is 17.7. The third kappa shape index (κ3) is 5.24. The van der Waals surface area contributed by atoms with Gasteiger partial charge in [-0.05, 0) is 43.5 Å². The molecule has 0 saturated heterocycles. The summed E-state index contributed by atoms with van der Waals surface area (Å²) in [7, 11) is 1.46. The summed E-state index contributed by atoms with van der Waals surface area (Å²) in [4.78, 5) is 28.5. The quantitative estimate of drug-likeness (QED) is 0.575. The molecule has 0 atom stereocenters. The Morgan fingerprint density at radius 3 is 2.81 bits per heavy atom. The van der Waals surface area contributed by atoms with Gasteiger partial charge in [0, 0.05) is 37.2 Å². The monoisotopic (exact) mass is 420 g/mol. The molecule has 160 valence electrons. The SMILES string of the molecule is COCC(=O)Nc1cccc(CNC(=O)CCc2c(C)nc3c(C#N)cnn3c2C)c1. The lowest BCUT2D eigenvalue weighted by atomic mass is 10.1. The van der Waals surface area contributed by atoms with Crippen LogP contribution in [0.4, 0.5) is 5.69 Å². The van der Waals surface area contributed by atoms with Crippen molar-refractivity contribution in [2.45, 2.75) is 33.2 Å². The highest BCUT2D eigenvalue weighted by molar-refractivity contribution is 5.91. The second kappa shape index (κ2) is 9.82. The Labute approximate surface area is 180 Å². The van der Waals surface area contributed by atoms with E-state index in [1.807, 2.05) is 32.0 Å². The number of anilines is 1. The number of methoxy groups -OCH3 is 1. The highest BCUT2D eigenvalue weighted by Gasteiger charge is 2.14. The molecule has 9 nitrogen and oxygen atoms in total. The zero-order valence-corrected chi connectivity index (χ0v) is 17.7. The van der Waals surface area contributed by atoms with Crippen molar-refractivity contribution >= 4 is 23.1 Å². The second-order valence-electron chi connectivity index (χ2n) is 7.12. The van der Waals surface area contributed by atoms with Gasteiger partial charge in [-0.3, -0.25) is 9.59 Å². The maximum absolute atomic E-state index is 12.4. The summed E-state index contributed by atoms with van der Waals surface area (Å²) < 4.78 is 6.44. The Morgan fingerprint density at radius 2 is 2.06 bits per heavy atom. The Kier molecular flexibility index (Phi) is 6.95. The molecular weight excluding hydrogens is 396 g/mol. The van der Waals surface area contributed by atoms with Crippen LogP contribution >= 0.6 is 0 Å². The summed E-state index contributed by atoms with van der Waals surface area (Å²) >= 11 is 0. The Balaban J connectivity index is 1.59. The van der Waals surface area contributed by atoms with Gasteiger partial charge in [0.25, 0.3) is 0 Å². The average Bonchev–Trinajstić information content (AvgIpc) is 3.15. The minimum Gasteiger partial charge on any atom is -0.375 e. The topological polar surface area (TPSA) is 121 Å². The van der Waals surface area contributed by atoms with E-state index in [4.69, 9.17) is 10.00 Å². The fraction of sp³-hybridized carbons (Fsp3) is 0.318. The number of nitrogens with one attached hydrogen (secondary N) is 2. The molecule has 0 unspecified atom stereocenters. The molecule has 0 radical (unpaired) electrons. The van der Waals surface area contributed by atoms with E-state index < -0.39 is 0 Å². The first-order valence-corrected chi connectivity index (χ1v) is 9.81. The van der Waals surface area contributed by atoms with Crippen LogP contribution in [0.5, 0.6) is 0 Å². The van der Waals surface area contributed by atoms with Gasteiger partial charge in [-0.1, -0.05) is 12.1 Å². The van der Waals surface area contributed by atoms with E-state index in [1.54, 1.807) is 10.6 Å². The number of fused-ring (bicyclic) bond motifs is 1. The van der Waals surface area contributed by atoms with E-state index in [9.17, 15) is 9.59 Å². The summed E-state index contributed by atoms with van der Waals surface area (Å²) in [6.07, 6.45) is 2.31. The molecule has 2 heterocycles.